The van der Waals surface area contributed by atoms with Crippen LogP contribution in [0.3, 0.4) is 0 Å². The molecule has 0 heterocycles. The van der Waals surface area contributed by atoms with Gasteiger partial charge in [0.05, 0.1) is 0 Å². The number of fused-ring (bicyclic) bond motifs is 2. The fourth-order valence-electron chi connectivity index (χ4n) is 2.99. The summed E-state index contributed by atoms with van der Waals surface area (Å²) in [6, 6.07) is 22.9. The topological polar surface area (TPSA) is 121 Å². The number of phenolic OH excluding ortho intramolecular Hbond substituents is 2. The molecular weight excluding hydrogens is 540 g/mol. The summed E-state index contributed by atoms with van der Waals surface area (Å²) in [5.74, 6) is 0.506. The second-order valence-electron chi connectivity index (χ2n) is 9.80. The standard InChI is InChI=1S/C20H14O2.4C3H8O.CH4.Ti/c21-15-9-7-13-3-1-5-17(19(13)11-15)18-6-2-4-14-8-10-16(22)12-20(14)18;4*1-3(2)4;;/h1-12,21-22H;4*3-4H,1-2H3;1H4;. The van der Waals surface area contributed by atoms with Crippen LogP contribution in [0.5, 0.6) is 11.5 Å². The number of phenols is 2. The second kappa shape index (κ2) is 22.3. The molecule has 0 radical (unpaired) electrons. The third kappa shape index (κ3) is 18.8. The molecule has 0 aromatic heterocycles. The van der Waals surface area contributed by atoms with E-state index in [0.29, 0.717) is 0 Å². The zero-order valence-corrected chi connectivity index (χ0v) is 26.0. The van der Waals surface area contributed by atoms with Gasteiger partial charge in [-0.25, -0.2) is 0 Å². The molecule has 0 saturated heterocycles. The van der Waals surface area contributed by atoms with Gasteiger partial charge in [-0.1, -0.05) is 56.0 Å². The SMILES string of the molecule is C.CC(C)O.CC(C)O.CC(C)O.CC(C)O.Oc1ccc2cccc(-c3cccc4ccc(O)cc34)c2c1.[Ti]. The van der Waals surface area contributed by atoms with Crippen molar-refractivity contribution in [3.05, 3.63) is 72.8 Å². The van der Waals surface area contributed by atoms with Gasteiger partial charge in [0, 0.05) is 46.1 Å². The first-order valence-electron chi connectivity index (χ1n) is 12.8. The van der Waals surface area contributed by atoms with Gasteiger partial charge in [0.25, 0.3) is 0 Å². The molecule has 4 rings (SSSR count). The van der Waals surface area contributed by atoms with E-state index in [-0.39, 0.29) is 65.1 Å². The average Bonchev–Trinajstić information content (AvgIpc) is 2.77. The summed E-state index contributed by atoms with van der Waals surface area (Å²) in [5, 5.41) is 56.0. The quantitative estimate of drug-likeness (QED) is 0.130. The molecule has 0 aliphatic carbocycles. The first kappa shape index (κ1) is 42.0. The van der Waals surface area contributed by atoms with E-state index >= 15 is 0 Å². The van der Waals surface area contributed by atoms with Crippen molar-refractivity contribution in [3.63, 3.8) is 0 Å². The minimum absolute atomic E-state index is 0. The largest absolute Gasteiger partial charge is 0.508 e. The minimum atomic E-state index is -0.167. The number of hydrogen-bond acceptors (Lipinski definition) is 6. The predicted octanol–water partition coefficient (Wildman–Crippen LogP) is 7.25. The van der Waals surface area contributed by atoms with Crippen molar-refractivity contribution < 1.29 is 52.4 Å². The number of aliphatic hydroxyl groups excluding tert-OH is 4. The van der Waals surface area contributed by atoms with E-state index in [2.05, 4.69) is 0 Å². The van der Waals surface area contributed by atoms with Crippen LogP contribution < -0.4 is 0 Å². The van der Waals surface area contributed by atoms with Gasteiger partial charge in [-0.3, -0.25) is 0 Å². The molecule has 0 atom stereocenters. The van der Waals surface area contributed by atoms with E-state index < -0.39 is 0 Å². The van der Waals surface area contributed by atoms with Crippen LogP contribution in [0.25, 0.3) is 32.7 Å². The second-order valence-corrected chi connectivity index (χ2v) is 9.80. The first-order valence-corrected chi connectivity index (χ1v) is 12.8. The summed E-state index contributed by atoms with van der Waals surface area (Å²) in [6.07, 6.45) is -0.667. The maximum absolute atomic E-state index is 9.82. The Morgan fingerprint density at radius 1 is 0.450 bits per heavy atom. The fraction of sp³-hybridized carbons (Fsp3) is 0.394. The molecule has 222 valence electrons. The third-order valence-electron chi connectivity index (χ3n) is 4.02. The normalized spacial score (nSPS) is 9.70. The molecular formula is C33H50O6Ti. The molecule has 0 amide bonds. The molecule has 40 heavy (non-hydrogen) atoms. The number of aromatic hydroxyl groups is 2. The Hall–Kier alpha value is -2.45. The van der Waals surface area contributed by atoms with Gasteiger partial charge >= 0.3 is 0 Å². The molecule has 6 nitrogen and oxygen atoms in total. The Balaban J connectivity index is -0.000000637. The molecule has 4 aromatic carbocycles. The summed E-state index contributed by atoms with van der Waals surface area (Å²) < 4.78 is 0. The van der Waals surface area contributed by atoms with Crippen LogP contribution in [-0.2, 0) is 21.7 Å². The fourth-order valence-corrected chi connectivity index (χ4v) is 2.99. The Morgan fingerprint density at radius 3 is 0.950 bits per heavy atom. The molecule has 6 N–H and O–H groups in total. The molecule has 0 unspecified atom stereocenters. The Labute approximate surface area is 255 Å². The van der Waals surface area contributed by atoms with E-state index in [9.17, 15) is 10.2 Å². The van der Waals surface area contributed by atoms with E-state index in [0.717, 1.165) is 32.7 Å². The van der Waals surface area contributed by atoms with Crippen LogP contribution in [0, 0.1) is 0 Å². The van der Waals surface area contributed by atoms with Crippen molar-refractivity contribution in [1.29, 1.82) is 0 Å². The van der Waals surface area contributed by atoms with Crippen LogP contribution in [0.4, 0.5) is 0 Å². The summed E-state index contributed by atoms with van der Waals surface area (Å²) in [7, 11) is 0. The van der Waals surface area contributed by atoms with Crippen LogP contribution in [0.15, 0.2) is 72.8 Å². The van der Waals surface area contributed by atoms with Gasteiger partial charge in [0.1, 0.15) is 11.5 Å². The van der Waals surface area contributed by atoms with Crippen molar-refractivity contribution in [1.82, 2.24) is 0 Å². The summed E-state index contributed by atoms with van der Waals surface area (Å²) in [5.41, 5.74) is 2.09. The monoisotopic (exact) mass is 590 g/mol. The Bertz CT molecular complexity index is 1090. The molecule has 7 heteroatoms. The van der Waals surface area contributed by atoms with Gasteiger partial charge in [-0.05, 0) is 112 Å². The zero-order valence-electron chi connectivity index (χ0n) is 24.4. The molecule has 4 aromatic rings. The molecule has 0 saturated carbocycles. The number of aliphatic hydroxyl groups is 4. The van der Waals surface area contributed by atoms with Gasteiger partial charge in [-0.2, -0.15) is 0 Å². The van der Waals surface area contributed by atoms with E-state index in [4.69, 9.17) is 20.4 Å². The van der Waals surface area contributed by atoms with Gasteiger partial charge in [0.2, 0.25) is 0 Å². The predicted molar refractivity (Wildman–Crippen MR) is 166 cm³/mol. The van der Waals surface area contributed by atoms with Crippen LogP contribution in [0.1, 0.15) is 62.8 Å². The van der Waals surface area contributed by atoms with Crippen molar-refractivity contribution in [3.8, 4) is 22.6 Å². The maximum Gasteiger partial charge on any atom is 0.116 e. The van der Waals surface area contributed by atoms with Crippen LogP contribution >= 0.6 is 0 Å². The molecule has 0 aliphatic heterocycles. The number of benzene rings is 4. The Morgan fingerprint density at radius 2 is 0.700 bits per heavy atom. The first-order chi connectivity index (χ1) is 17.6. The molecule has 0 fully saturated rings. The average molecular weight is 591 g/mol. The van der Waals surface area contributed by atoms with E-state index in [1.807, 2.05) is 48.5 Å². The number of rotatable bonds is 1. The Kier molecular flexibility index (Phi) is 23.4. The van der Waals surface area contributed by atoms with Crippen molar-refractivity contribution >= 4 is 21.5 Å². The van der Waals surface area contributed by atoms with Crippen LogP contribution in [0.2, 0.25) is 0 Å². The molecule has 0 aliphatic rings. The smallest absolute Gasteiger partial charge is 0.116 e. The summed E-state index contributed by atoms with van der Waals surface area (Å²) >= 11 is 0. The summed E-state index contributed by atoms with van der Waals surface area (Å²) in [4.78, 5) is 0. The summed E-state index contributed by atoms with van der Waals surface area (Å²) in [6.45, 7) is 13.8. The van der Waals surface area contributed by atoms with Crippen molar-refractivity contribution in [2.45, 2.75) is 87.2 Å². The third-order valence-corrected chi connectivity index (χ3v) is 4.02. The van der Waals surface area contributed by atoms with E-state index in [1.54, 1.807) is 79.7 Å². The number of hydrogen-bond donors (Lipinski definition) is 6. The minimum Gasteiger partial charge on any atom is -0.508 e. The molecule has 0 spiro atoms. The zero-order chi connectivity index (χ0) is 29.4. The maximum atomic E-state index is 9.82. The molecule has 0 bridgehead atoms. The van der Waals surface area contributed by atoms with Crippen LogP contribution in [-0.4, -0.2) is 55.1 Å². The van der Waals surface area contributed by atoms with Crippen molar-refractivity contribution in [2.24, 2.45) is 0 Å². The van der Waals surface area contributed by atoms with Crippen molar-refractivity contribution in [2.75, 3.05) is 0 Å². The van der Waals surface area contributed by atoms with Gasteiger partial charge in [-0.15, -0.1) is 0 Å². The van der Waals surface area contributed by atoms with Gasteiger partial charge in [0.15, 0.2) is 0 Å². The van der Waals surface area contributed by atoms with E-state index in [1.165, 1.54) is 0 Å². The van der Waals surface area contributed by atoms with Gasteiger partial charge < -0.3 is 30.6 Å².